The predicted octanol–water partition coefficient (Wildman–Crippen LogP) is 7.60. The molecule has 0 aliphatic heterocycles. The first-order valence-electron chi connectivity index (χ1n) is 11.9. The Balaban J connectivity index is 1.68. The van der Waals surface area contributed by atoms with E-state index in [0.29, 0.717) is 28.4 Å². The summed E-state index contributed by atoms with van der Waals surface area (Å²) < 4.78 is 61.8. The maximum atomic E-state index is 13.0. The van der Waals surface area contributed by atoms with Gasteiger partial charge in [-0.25, -0.2) is 4.79 Å². The first-order valence-corrected chi connectivity index (χ1v) is 11.9. The minimum Gasteiger partial charge on any atom is -0.485 e. The number of carbonyl (C=O) groups is 1. The van der Waals surface area contributed by atoms with E-state index in [1.54, 1.807) is 31.4 Å². The molecule has 0 amide bonds. The molecule has 0 spiro atoms. The second-order valence-electron chi connectivity index (χ2n) is 8.95. The molecule has 1 fully saturated rings. The summed E-state index contributed by atoms with van der Waals surface area (Å²) in [7, 11) is 2.89. The van der Waals surface area contributed by atoms with Gasteiger partial charge in [0, 0.05) is 24.2 Å². The Morgan fingerprint density at radius 2 is 1.67 bits per heavy atom. The Labute approximate surface area is 208 Å². The molecule has 1 aromatic heterocycles. The van der Waals surface area contributed by atoms with Crippen molar-refractivity contribution in [1.29, 1.82) is 0 Å². The van der Waals surface area contributed by atoms with E-state index in [0.717, 1.165) is 43.4 Å². The summed E-state index contributed by atoms with van der Waals surface area (Å²) in [5, 5.41) is 0. The first kappa shape index (κ1) is 25.8. The van der Waals surface area contributed by atoms with E-state index in [1.165, 1.54) is 25.7 Å². The lowest BCUT2D eigenvalue weighted by Gasteiger charge is -2.31. The van der Waals surface area contributed by atoms with Crippen molar-refractivity contribution < 1.29 is 36.6 Å². The second-order valence-corrected chi connectivity index (χ2v) is 8.95. The first-order chi connectivity index (χ1) is 17.3. The Hall–Kier alpha value is -3.26. The molecular weight excluding hydrogens is 473 g/mol. The average molecular weight is 503 g/mol. The highest BCUT2D eigenvalue weighted by Crippen LogP contribution is 2.42. The summed E-state index contributed by atoms with van der Waals surface area (Å²) in [6.07, 6.45) is 0.577. The van der Waals surface area contributed by atoms with Gasteiger partial charge in [0.25, 0.3) is 0 Å². The molecule has 1 atom stereocenters. The molecule has 0 N–H and O–H groups in total. The molecule has 1 aliphatic rings. The van der Waals surface area contributed by atoms with Crippen LogP contribution in [0.1, 0.15) is 65.5 Å². The van der Waals surface area contributed by atoms with Crippen LogP contribution < -0.4 is 4.74 Å². The van der Waals surface area contributed by atoms with E-state index in [2.05, 4.69) is 0 Å². The number of hydrogen-bond acceptors (Lipinski definition) is 5. The summed E-state index contributed by atoms with van der Waals surface area (Å²) >= 11 is 0. The standard InChI is InChI=1S/C28H29F3O5/c1-33-17-25-23(16-24(36-25)18-8-12-21(13-9-18)28(29,30)31)26(19-6-4-3-5-7-19)35-22-14-10-20(11-15-22)27(32)34-2/h8-16,19,26H,3-7,17H2,1-2H3. The van der Waals surface area contributed by atoms with Crippen LogP contribution in [0.4, 0.5) is 13.2 Å². The molecule has 3 aromatic rings. The van der Waals surface area contributed by atoms with E-state index in [-0.39, 0.29) is 18.6 Å². The summed E-state index contributed by atoms with van der Waals surface area (Å²) in [5.41, 5.74) is 1.06. The number of esters is 1. The van der Waals surface area contributed by atoms with Crippen LogP contribution in [-0.4, -0.2) is 20.2 Å². The number of ether oxygens (including phenoxy) is 3. The quantitative estimate of drug-likeness (QED) is 0.297. The topological polar surface area (TPSA) is 57.9 Å². The van der Waals surface area contributed by atoms with Gasteiger partial charge in [0.2, 0.25) is 0 Å². The number of alkyl halides is 3. The third-order valence-electron chi connectivity index (χ3n) is 6.54. The second kappa shape index (κ2) is 11.2. The van der Waals surface area contributed by atoms with Gasteiger partial charge in [0.05, 0.1) is 18.2 Å². The smallest absolute Gasteiger partial charge is 0.416 e. The zero-order valence-corrected chi connectivity index (χ0v) is 20.3. The molecule has 1 unspecified atom stereocenters. The molecule has 192 valence electrons. The Morgan fingerprint density at radius 1 is 1.00 bits per heavy atom. The van der Waals surface area contributed by atoms with Crippen LogP contribution in [0.5, 0.6) is 5.75 Å². The van der Waals surface area contributed by atoms with Gasteiger partial charge in [-0.3, -0.25) is 0 Å². The number of benzene rings is 2. The van der Waals surface area contributed by atoms with E-state index in [1.807, 2.05) is 6.07 Å². The lowest BCUT2D eigenvalue weighted by molar-refractivity contribution is -0.137. The van der Waals surface area contributed by atoms with E-state index in [9.17, 15) is 18.0 Å². The van der Waals surface area contributed by atoms with E-state index < -0.39 is 17.7 Å². The fourth-order valence-corrected chi connectivity index (χ4v) is 4.68. The van der Waals surface area contributed by atoms with Crippen molar-refractivity contribution in [3.63, 3.8) is 0 Å². The van der Waals surface area contributed by atoms with Gasteiger partial charge in [-0.2, -0.15) is 13.2 Å². The molecule has 5 nitrogen and oxygen atoms in total. The van der Waals surface area contributed by atoms with Crippen LogP contribution in [0.2, 0.25) is 0 Å². The fraction of sp³-hybridized carbons (Fsp3) is 0.393. The molecule has 1 heterocycles. The summed E-state index contributed by atoms with van der Waals surface area (Å²) in [5.74, 6) is 1.43. The van der Waals surface area contributed by atoms with Crippen molar-refractivity contribution in [3.8, 4) is 17.1 Å². The Kier molecular flexibility index (Phi) is 8.04. The number of halogens is 3. The van der Waals surface area contributed by atoms with Crippen molar-refractivity contribution in [2.24, 2.45) is 5.92 Å². The van der Waals surface area contributed by atoms with Gasteiger partial charge in [-0.1, -0.05) is 31.4 Å². The molecule has 1 saturated carbocycles. The van der Waals surface area contributed by atoms with Gasteiger partial charge in [0.1, 0.15) is 30.0 Å². The van der Waals surface area contributed by atoms with Crippen molar-refractivity contribution in [2.45, 2.75) is 51.0 Å². The van der Waals surface area contributed by atoms with Crippen LogP contribution in [0.3, 0.4) is 0 Å². The lowest BCUT2D eigenvalue weighted by Crippen LogP contribution is -2.22. The minimum absolute atomic E-state index is 0.198. The van der Waals surface area contributed by atoms with Crippen molar-refractivity contribution in [3.05, 3.63) is 77.0 Å². The van der Waals surface area contributed by atoms with Crippen LogP contribution in [-0.2, 0) is 22.3 Å². The molecular formula is C28H29F3O5. The molecule has 0 saturated heterocycles. The summed E-state index contributed by atoms with van der Waals surface area (Å²) in [6, 6.07) is 13.5. The maximum Gasteiger partial charge on any atom is 0.416 e. The third-order valence-corrected chi connectivity index (χ3v) is 6.54. The molecule has 0 bridgehead atoms. The summed E-state index contributed by atoms with van der Waals surface area (Å²) in [4.78, 5) is 11.8. The predicted molar refractivity (Wildman–Crippen MR) is 128 cm³/mol. The highest BCUT2D eigenvalue weighted by atomic mass is 19.4. The number of methoxy groups -OCH3 is 2. The van der Waals surface area contributed by atoms with E-state index in [4.69, 9.17) is 18.6 Å². The van der Waals surface area contributed by atoms with Crippen molar-refractivity contribution >= 4 is 5.97 Å². The van der Waals surface area contributed by atoms with Crippen LogP contribution in [0, 0.1) is 5.92 Å². The number of furan rings is 1. The van der Waals surface area contributed by atoms with Crippen LogP contribution >= 0.6 is 0 Å². The van der Waals surface area contributed by atoms with Gasteiger partial charge >= 0.3 is 12.1 Å². The van der Waals surface area contributed by atoms with Crippen LogP contribution in [0.25, 0.3) is 11.3 Å². The zero-order chi connectivity index (χ0) is 25.7. The number of carbonyl (C=O) groups excluding carboxylic acids is 1. The lowest BCUT2D eigenvalue weighted by atomic mass is 9.82. The highest BCUT2D eigenvalue weighted by molar-refractivity contribution is 5.89. The molecule has 36 heavy (non-hydrogen) atoms. The molecule has 1 aliphatic carbocycles. The number of rotatable bonds is 8. The molecule has 8 heteroatoms. The van der Waals surface area contributed by atoms with Crippen molar-refractivity contribution in [2.75, 3.05) is 14.2 Å². The monoisotopic (exact) mass is 502 g/mol. The van der Waals surface area contributed by atoms with Gasteiger partial charge in [0.15, 0.2) is 0 Å². The van der Waals surface area contributed by atoms with Crippen LogP contribution in [0.15, 0.2) is 59.0 Å². The molecule has 2 aromatic carbocycles. The van der Waals surface area contributed by atoms with Crippen molar-refractivity contribution in [1.82, 2.24) is 0 Å². The molecule has 4 rings (SSSR count). The SMILES string of the molecule is COCc1oc(-c2ccc(C(F)(F)F)cc2)cc1C(Oc1ccc(C(=O)OC)cc1)C1CCCCC1. The summed E-state index contributed by atoms with van der Waals surface area (Å²) in [6.45, 7) is 0.198. The Morgan fingerprint density at radius 3 is 2.25 bits per heavy atom. The maximum absolute atomic E-state index is 13.0. The minimum atomic E-state index is -4.41. The number of hydrogen-bond donors (Lipinski definition) is 0. The largest absolute Gasteiger partial charge is 0.485 e. The zero-order valence-electron chi connectivity index (χ0n) is 20.3. The normalized spacial score (nSPS) is 15.5. The van der Waals surface area contributed by atoms with E-state index >= 15 is 0 Å². The van der Waals surface area contributed by atoms with Gasteiger partial charge < -0.3 is 18.6 Å². The molecule has 0 radical (unpaired) electrons. The highest BCUT2D eigenvalue weighted by Gasteiger charge is 2.32. The fourth-order valence-electron chi connectivity index (χ4n) is 4.68. The van der Waals surface area contributed by atoms with Gasteiger partial charge in [-0.15, -0.1) is 0 Å². The van der Waals surface area contributed by atoms with Gasteiger partial charge in [-0.05, 0) is 55.3 Å². The third kappa shape index (κ3) is 5.93. The Bertz CT molecular complexity index is 1140. The average Bonchev–Trinajstić information content (AvgIpc) is 3.31.